The van der Waals surface area contributed by atoms with Crippen molar-refractivity contribution in [3.63, 3.8) is 0 Å². The number of carbonyl (C=O) groups is 2. The van der Waals surface area contributed by atoms with E-state index in [9.17, 15) is 9.59 Å². The van der Waals surface area contributed by atoms with Gasteiger partial charge in [-0.15, -0.1) is 5.10 Å². The lowest BCUT2D eigenvalue weighted by Gasteiger charge is -2.04. The number of aromatic carboxylic acids is 1. The number of hydrogen-bond acceptors (Lipinski definition) is 4. The molecule has 0 spiro atoms. The van der Waals surface area contributed by atoms with Gasteiger partial charge in [-0.2, -0.15) is 0 Å². The van der Waals surface area contributed by atoms with Crippen molar-refractivity contribution in [2.24, 2.45) is 5.73 Å². The quantitative estimate of drug-likeness (QED) is 0.698. The lowest BCUT2D eigenvalue weighted by Crippen LogP contribution is -2.16. The molecule has 0 atom stereocenters. The first kappa shape index (κ1) is 12.2. The summed E-state index contributed by atoms with van der Waals surface area (Å²) in [5.74, 6) is -1.55. The van der Waals surface area contributed by atoms with Gasteiger partial charge < -0.3 is 10.8 Å². The van der Waals surface area contributed by atoms with E-state index in [2.05, 4.69) is 10.3 Å². The smallest absolute Gasteiger partial charge is 0.358 e. The van der Waals surface area contributed by atoms with E-state index < -0.39 is 11.9 Å². The minimum absolute atomic E-state index is 0.0497. The molecule has 0 aliphatic heterocycles. The SMILES string of the molecule is CCCc1c(C(=O)O)nnn1CCC(N)=O. The zero-order valence-electron chi connectivity index (χ0n) is 9.01. The van der Waals surface area contributed by atoms with Crippen molar-refractivity contribution < 1.29 is 14.7 Å². The van der Waals surface area contributed by atoms with Crippen LogP contribution in [0.1, 0.15) is 35.9 Å². The summed E-state index contributed by atoms with van der Waals surface area (Å²) in [6.45, 7) is 2.20. The molecule has 7 nitrogen and oxygen atoms in total. The minimum atomic E-state index is -1.10. The van der Waals surface area contributed by atoms with Crippen molar-refractivity contribution in [3.05, 3.63) is 11.4 Å². The van der Waals surface area contributed by atoms with Crippen LogP contribution < -0.4 is 5.73 Å². The standard InChI is InChI=1S/C9H14N4O3/c1-2-3-6-8(9(15)16)11-12-13(6)5-4-7(10)14/h2-5H2,1H3,(H2,10,14)(H,15,16). The van der Waals surface area contributed by atoms with Gasteiger partial charge in [0.05, 0.1) is 12.2 Å². The zero-order chi connectivity index (χ0) is 12.1. The zero-order valence-corrected chi connectivity index (χ0v) is 9.01. The van der Waals surface area contributed by atoms with E-state index in [1.165, 1.54) is 4.68 Å². The molecule has 16 heavy (non-hydrogen) atoms. The van der Waals surface area contributed by atoms with Crippen LogP contribution in [0.25, 0.3) is 0 Å². The Morgan fingerprint density at radius 1 is 1.50 bits per heavy atom. The molecule has 3 N–H and O–H groups in total. The molecular formula is C9H14N4O3. The van der Waals surface area contributed by atoms with Crippen LogP contribution >= 0.6 is 0 Å². The summed E-state index contributed by atoms with van der Waals surface area (Å²) >= 11 is 0. The molecule has 0 saturated heterocycles. The summed E-state index contributed by atoms with van der Waals surface area (Å²) < 4.78 is 1.43. The Labute approximate surface area is 92.2 Å². The van der Waals surface area contributed by atoms with Gasteiger partial charge in [0.2, 0.25) is 5.91 Å². The third-order valence-electron chi connectivity index (χ3n) is 2.10. The van der Waals surface area contributed by atoms with E-state index in [4.69, 9.17) is 10.8 Å². The van der Waals surface area contributed by atoms with Crippen molar-refractivity contribution in [2.45, 2.75) is 32.7 Å². The van der Waals surface area contributed by atoms with Gasteiger partial charge >= 0.3 is 5.97 Å². The Morgan fingerprint density at radius 3 is 2.69 bits per heavy atom. The van der Waals surface area contributed by atoms with Crippen LogP contribution in [0.15, 0.2) is 0 Å². The Hall–Kier alpha value is -1.92. The summed E-state index contributed by atoms with van der Waals surface area (Å²) in [5, 5.41) is 16.2. The minimum Gasteiger partial charge on any atom is -0.476 e. The average Bonchev–Trinajstić information content (AvgIpc) is 2.59. The molecule has 7 heteroatoms. The third kappa shape index (κ3) is 2.78. The lowest BCUT2D eigenvalue weighted by molar-refractivity contribution is -0.118. The maximum atomic E-state index is 10.8. The Kier molecular flexibility index (Phi) is 3.98. The molecule has 0 aromatic carbocycles. The number of amides is 1. The van der Waals surface area contributed by atoms with E-state index in [1.807, 2.05) is 6.92 Å². The van der Waals surface area contributed by atoms with Gasteiger partial charge in [0.1, 0.15) is 0 Å². The Balaban J connectivity index is 2.90. The molecule has 1 amide bonds. The molecule has 0 fully saturated rings. The van der Waals surface area contributed by atoms with E-state index in [-0.39, 0.29) is 18.7 Å². The van der Waals surface area contributed by atoms with Crippen LogP contribution in [0.2, 0.25) is 0 Å². The number of aryl methyl sites for hydroxylation is 1. The summed E-state index contributed by atoms with van der Waals surface area (Å²) in [4.78, 5) is 21.5. The van der Waals surface area contributed by atoms with E-state index in [0.717, 1.165) is 6.42 Å². The van der Waals surface area contributed by atoms with Gasteiger partial charge in [-0.25, -0.2) is 9.48 Å². The van der Waals surface area contributed by atoms with Gasteiger partial charge in [-0.1, -0.05) is 18.6 Å². The fourth-order valence-corrected chi connectivity index (χ4v) is 1.38. The summed E-state index contributed by atoms with van der Waals surface area (Å²) in [7, 11) is 0. The number of carboxylic acids is 1. The molecule has 0 radical (unpaired) electrons. The van der Waals surface area contributed by atoms with Gasteiger partial charge in [0.25, 0.3) is 0 Å². The van der Waals surface area contributed by atoms with Crippen LogP contribution in [-0.2, 0) is 17.8 Å². The number of hydrogen-bond donors (Lipinski definition) is 2. The van der Waals surface area contributed by atoms with Crippen molar-refractivity contribution >= 4 is 11.9 Å². The second-order valence-electron chi connectivity index (χ2n) is 3.38. The predicted molar refractivity (Wildman–Crippen MR) is 54.8 cm³/mol. The monoisotopic (exact) mass is 226 g/mol. The molecule has 0 saturated carbocycles. The number of primary amides is 1. The van der Waals surface area contributed by atoms with Crippen molar-refractivity contribution in [2.75, 3.05) is 0 Å². The highest BCUT2D eigenvalue weighted by Gasteiger charge is 2.17. The maximum absolute atomic E-state index is 10.8. The first-order chi connectivity index (χ1) is 7.56. The fourth-order valence-electron chi connectivity index (χ4n) is 1.38. The third-order valence-corrected chi connectivity index (χ3v) is 2.10. The van der Waals surface area contributed by atoms with Gasteiger partial charge in [0.15, 0.2) is 5.69 Å². The van der Waals surface area contributed by atoms with Crippen molar-refractivity contribution in [3.8, 4) is 0 Å². The second kappa shape index (κ2) is 5.24. The Bertz CT molecular complexity index is 399. The van der Waals surface area contributed by atoms with E-state index in [0.29, 0.717) is 12.1 Å². The highest BCUT2D eigenvalue weighted by molar-refractivity contribution is 5.86. The van der Waals surface area contributed by atoms with Gasteiger partial charge in [-0.05, 0) is 6.42 Å². The number of aromatic nitrogens is 3. The first-order valence-corrected chi connectivity index (χ1v) is 5.00. The molecule has 1 aromatic heterocycles. The normalized spacial score (nSPS) is 10.3. The fraction of sp³-hybridized carbons (Fsp3) is 0.556. The van der Waals surface area contributed by atoms with E-state index >= 15 is 0 Å². The average molecular weight is 226 g/mol. The molecule has 88 valence electrons. The van der Waals surface area contributed by atoms with E-state index in [1.54, 1.807) is 0 Å². The number of rotatable bonds is 6. The largest absolute Gasteiger partial charge is 0.476 e. The number of carbonyl (C=O) groups excluding carboxylic acids is 1. The molecule has 1 rings (SSSR count). The first-order valence-electron chi connectivity index (χ1n) is 5.00. The molecule has 0 unspecified atom stereocenters. The molecule has 0 aliphatic carbocycles. The molecular weight excluding hydrogens is 212 g/mol. The maximum Gasteiger partial charge on any atom is 0.358 e. The molecule has 1 heterocycles. The van der Waals surface area contributed by atoms with Crippen LogP contribution in [0.5, 0.6) is 0 Å². The molecule has 1 aromatic rings. The predicted octanol–water partition coefficient (Wildman–Crippen LogP) is -0.196. The summed E-state index contributed by atoms with van der Waals surface area (Å²) in [6.07, 6.45) is 1.47. The van der Waals surface area contributed by atoms with Crippen molar-refractivity contribution in [1.29, 1.82) is 0 Å². The topological polar surface area (TPSA) is 111 Å². The number of nitrogens with zero attached hydrogens (tertiary/aromatic N) is 3. The van der Waals surface area contributed by atoms with Crippen LogP contribution in [0.3, 0.4) is 0 Å². The molecule has 0 bridgehead atoms. The summed E-state index contributed by atoms with van der Waals surface area (Å²) in [5.41, 5.74) is 5.50. The highest BCUT2D eigenvalue weighted by Crippen LogP contribution is 2.09. The van der Waals surface area contributed by atoms with Crippen molar-refractivity contribution in [1.82, 2.24) is 15.0 Å². The number of nitrogens with two attached hydrogens (primary N) is 1. The van der Waals surface area contributed by atoms with Crippen LogP contribution in [0.4, 0.5) is 0 Å². The lowest BCUT2D eigenvalue weighted by atomic mass is 10.2. The summed E-state index contributed by atoms with van der Waals surface area (Å²) in [6, 6.07) is 0. The van der Waals surface area contributed by atoms with Gasteiger partial charge in [0, 0.05) is 6.42 Å². The second-order valence-corrected chi connectivity index (χ2v) is 3.38. The van der Waals surface area contributed by atoms with Crippen LogP contribution in [0, 0.1) is 0 Å². The molecule has 0 aliphatic rings. The van der Waals surface area contributed by atoms with Crippen LogP contribution in [-0.4, -0.2) is 32.0 Å². The number of carboxylic acid groups (broad SMARTS) is 1. The van der Waals surface area contributed by atoms with Gasteiger partial charge in [-0.3, -0.25) is 4.79 Å². The highest BCUT2D eigenvalue weighted by atomic mass is 16.4. The Morgan fingerprint density at radius 2 is 2.19 bits per heavy atom.